The van der Waals surface area contributed by atoms with Crippen molar-refractivity contribution >= 4 is 11.6 Å². The highest BCUT2D eigenvalue weighted by molar-refractivity contribution is 5.81. The number of quaternary nitrogens is 1. The van der Waals surface area contributed by atoms with E-state index in [4.69, 9.17) is 0 Å². The van der Waals surface area contributed by atoms with E-state index in [1.165, 1.54) is 37.0 Å². The van der Waals surface area contributed by atoms with Gasteiger partial charge in [-0.1, -0.05) is 32.1 Å². The van der Waals surface area contributed by atoms with Crippen LogP contribution in [-0.2, 0) is 9.59 Å². The van der Waals surface area contributed by atoms with Gasteiger partial charge < -0.3 is 17.3 Å². The Labute approximate surface area is 141 Å². The fourth-order valence-corrected chi connectivity index (χ4v) is 3.88. The number of hydrogen-bond acceptors (Lipinski definition) is 2. The molecule has 1 N–H and O–H groups in total. The molecule has 1 atom stereocenters. The summed E-state index contributed by atoms with van der Waals surface area (Å²) in [6.07, 6.45) is 12.1. The largest absolute Gasteiger partial charge is 1.00 e. The van der Waals surface area contributed by atoms with Crippen molar-refractivity contribution < 1.29 is 26.9 Å². The summed E-state index contributed by atoms with van der Waals surface area (Å²) in [5, 5.41) is 0. The molecule has 0 saturated heterocycles. The lowest BCUT2D eigenvalue weighted by atomic mass is 9.85. The van der Waals surface area contributed by atoms with Gasteiger partial charge in [-0.25, -0.2) is 0 Å². The zero-order valence-electron chi connectivity index (χ0n) is 14.0. The normalized spacial score (nSPS) is 21.3. The van der Waals surface area contributed by atoms with Crippen molar-refractivity contribution in [1.29, 1.82) is 0 Å². The smallest absolute Gasteiger partial charge is 0.141 e. The van der Waals surface area contributed by atoms with Crippen LogP contribution in [0.4, 0.5) is 0 Å². The van der Waals surface area contributed by atoms with Crippen LogP contribution >= 0.6 is 0 Å². The van der Waals surface area contributed by atoms with E-state index in [1.807, 2.05) is 0 Å². The van der Waals surface area contributed by atoms with Crippen LogP contribution in [0.15, 0.2) is 0 Å². The molecule has 0 bridgehead atoms. The number of halogens is 1. The van der Waals surface area contributed by atoms with Gasteiger partial charge in [0, 0.05) is 11.8 Å². The number of carbonyl (C=O) groups is 2. The zero-order valence-corrected chi connectivity index (χ0v) is 14.8. The van der Waals surface area contributed by atoms with E-state index in [1.54, 1.807) is 0 Å². The number of carbonyl (C=O) groups excluding carboxylic acids is 2. The maximum atomic E-state index is 12.2. The summed E-state index contributed by atoms with van der Waals surface area (Å²) in [6, 6.07) is 0. The van der Waals surface area contributed by atoms with E-state index >= 15 is 0 Å². The molecule has 0 amide bonds. The number of Topliss-reactive ketones (excluding diaryl/α,β-unsaturated/α-hetero) is 2. The summed E-state index contributed by atoms with van der Waals surface area (Å²) < 4.78 is 0. The van der Waals surface area contributed by atoms with Crippen molar-refractivity contribution in [2.45, 2.75) is 70.6 Å². The lowest BCUT2D eigenvalue weighted by Crippen LogP contribution is -3.09. The van der Waals surface area contributed by atoms with Gasteiger partial charge in [-0.05, 0) is 25.7 Å². The van der Waals surface area contributed by atoms with E-state index in [-0.39, 0.29) is 12.4 Å². The SMILES string of the molecule is C[NH+](CCC(=O)C1CCCCC1)CCC(=O)C1CCCC1.[Cl-]. The summed E-state index contributed by atoms with van der Waals surface area (Å²) in [6.45, 7) is 1.79. The first-order valence-corrected chi connectivity index (χ1v) is 9.03. The predicted molar refractivity (Wildman–Crippen MR) is 84.4 cm³/mol. The molecule has 0 heterocycles. The molecule has 0 radical (unpaired) electrons. The summed E-state index contributed by atoms with van der Waals surface area (Å²) in [5.74, 6) is 1.62. The minimum Gasteiger partial charge on any atom is -1.00 e. The topological polar surface area (TPSA) is 38.6 Å². The van der Waals surface area contributed by atoms with Gasteiger partial charge in [0.1, 0.15) is 11.6 Å². The zero-order chi connectivity index (χ0) is 15.1. The van der Waals surface area contributed by atoms with E-state index in [0.29, 0.717) is 36.2 Å². The van der Waals surface area contributed by atoms with Crippen LogP contribution in [0, 0.1) is 11.8 Å². The van der Waals surface area contributed by atoms with Crippen LogP contribution in [-0.4, -0.2) is 31.7 Å². The van der Waals surface area contributed by atoms with Crippen LogP contribution in [0.25, 0.3) is 0 Å². The summed E-state index contributed by atoms with van der Waals surface area (Å²) in [7, 11) is 2.12. The molecule has 0 aromatic heterocycles. The molecule has 0 aromatic carbocycles. The van der Waals surface area contributed by atoms with Crippen LogP contribution in [0.3, 0.4) is 0 Å². The van der Waals surface area contributed by atoms with Crippen LogP contribution in [0.5, 0.6) is 0 Å². The average molecular weight is 330 g/mol. The van der Waals surface area contributed by atoms with Crippen LogP contribution < -0.4 is 17.3 Å². The van der Waals surface area contributed by atoms with E-state index in [0.717, 1.165) is 38.8 Å². The van der Waals surface area contributed by atoms with Crippen molar-refractivity contribution in [3.05, 3.63) is 0 Å². The highest BCUT2D eigenvalue weighted by Gasteiger charge is 2.24. The lowest BCUT2D eigenvalue weighted by molar-refractivity contribution is -0.878. The fraction of sp³-hybridized carbons (Fsp3) is 0.889. The second kappa shape index (κ2) is 10.4. The van der Waals surface area contributed by atoms with Crippen molar-refractivity contribution in [3.63, 3.8) is 0 Å². The van der Waals surface area contributed by atoms with Gasteiger partial charge in [0.15, 0.2) is 0 Å². The lowest BCUT2D eigenvalue weighted by Gasteiger charge is -2.21. The Kier molecular flexibility index (Phi) is 9.27. The third-order valence-corrected chi connectivity index (χ3v) is 5.47. The molecule has 2 aliphatic rings. The first kappa shape index (κ1) is 19.6. The van der Waals surface area contributed by atoms with Crippen molar-refractivity contribution in [1.82, 2.24) is 0 Å². The summed E-state index contributed by atoms with van der Waals surface area (Å²) in [4.78, 5) is 25.6. The number of ketones is 2. The molecular formula is C18H32ClNO2. The maximum absolute atomic E-state index is 12.2. The standard InChI is InChI=1S/C18H31NO2.ClH/c1-19(14-12-18(21)16-9-5-6-10-16)13-11-17(20)15-7-3-2-4-8-15;/h15-16H,2-14H2,1H3;1H. The van der Waals surface area contributed by atoms with Gasteiger partial charge in [-0.15, -0.1) is 0 Å². The van der Waals surface area contributed by atoms with Crippen LogP contribution in [0.1, 0.15) is 70.6 Å². The molecule has 22 heavy (non-hydrogen) atoms. The Hall–Kier alpha value is -0.410. The molecule has 2 rings (SSSR count). The Morgan fingerprint density at radius 3 is 1.55 bits per heavy atom. The highest BCUT2D eigenvalue weighted by atomic mass is 35.5. The Balaban J connectivity index is 0.00000242. The second-order valence-electron chi connectivity index (χ2n) is 7.21. The number of rotatable bonds is 8. The predicted octanol–water partition coefficient (Wildman–Crippen LogP) is -0.806. The molecule has 4 heteroatoms. The van der Waals surface area contributed by atoms with Gasteiger partial charge in [0.05, 0.1) is 33.0 Å². The molecule has 0 aromatic rings. The average Bonchev–Trinajstić information content (AvgIpc) is 3.05. The molecule has 1 unspecified atom stereocenters. The first-order chi connectivity index (χ1) is 10.2. The first-order valence-electron chi connectivity index (χ1n) is 9.03. The summed E-state index contributed by atoms with van der Waals surface area (Å²) in [5.41, 5.74) is 0. The molecule has 0 spiro atoms. The fourth-order valence-electron chi connectivity index (χ4n) is 3.88. The molecule has 2 saturated carbocycles. The van der Waals surface area contributed by atoms with Crippen molar-refractivity contribution in [2.24, 2.45) is 11.8 Å². The highest BCUT2D eigenvalue weighted by Crippen LogP contribution is 2.26. The minimum atomic E-state index is 0. The molecule has 128 valence electrons. The molecule has 3 nitrogen and oxygen atoms in total. The van der Waals surface area contributed by atoms with Crippen molar-refractivity contribution in [2.75, 3.05) is 20.1 Å². The Morgan fingerprint density at radius 2 is 1.14 bits per heavy atom. The number of nitrogens with one attached hydrogen (secondary N) is 1. The van der Waals surface area contributed by atoms with Gasteiger partial charge in [-0.2, -0.15) is 0 Å². The minimum absolute atomic E-state index is 0. The van der Waals surface area contributed by atoms with E-state index in [9.17, 15) is 9.59 Å². The Bertz CT molecular complexity index is 347. The molecule has 2 aliphatic carbocycles. The summed E-state index contributed by atoms with van der Waals surface area (Å²) >= 11 is 0. The Morgan fingerprint density at radius 1 is 0.773 bits per heavy atom. The molecular weight excluding hydrogens is 298 g/mol. The number of hydrogen-bond donors (Lipinski definition) is 1. The van der Waals surface area contributed by atoms with E-state index < -0.39 is 0 Å². The van der Waals surface area contributed by atoms with Gasteiger partial charge in [-0.3, -0.25) is 9.59 Å². The second-order valence-corrected chi connectivity index (χ2v) is 7.21. The van der Waals surface area contributed by atoms with Gasteiger partial charge >= 0.3 is 0 Å². The third kappa shape index (κ3) is 6.37. The van der Waals surface area contributed by atoms with E-state index in [2.05, 4.69) is 7.05 Å². The molecule has 0 aliphatic heterocycles. The maximum Gasteiger partial charge on any atom is 0.141 e. The van der Waals surface area contributed by atoms with Gasteiger partial charge in [0.2, 0.25) is 0 Å². The van der Waals surface area contributed by atoms with Gasteiger partial charge in [0.25, 0.3) is 0 Å². The third-order valence-electron chi connectivity index (χ3n) is 5.47. The van der Waals surface area contributed by atoms with Crippen LogP contribution in [0.2, 0.25) is 0 Å². The monoisotopic (exact) mass is 329 g/mol. The quantitative estimate of drug-likeness (QED) is 0.633. The molecule has 2 fully saturated rings. The van der Waals surface area contributed by atoms with Crippen molar-refractivity contribution in [3.8, 4) is 0 Å².